The smallest absolute Gasteiger partial charge is 0.427 e. The maximum Gasteiger partial charge on any atom is 0.427 e. The van der Waals surface area contributed by atoms with Crippen LogP contribution in [0, 0.1) is 23.7 Å². The fraction of sp³-hybridized carbons (Fsp3) is 0.634. The largest absolute Gasteiger partial charge is 0.493 e. The molecule has 2 saturated carbocycles. The van der Waals surface area contributed by atoms with E-state index in [-0.39, 0.29) is 50.6 Å². The van der Waals surface area contributed by atoms with Crippen molar-refractivity contribution in [3.05, 3.63) is 36.5 Å². The normalized spacial score (nSPS) is 28.0. The van der Waals surface area contributed by atoms with E-state index in [4.69, 9.17) is 18.9 Å². The quantitative estimate of drug-likeness (QED) is 0.201. The number of halogens is 4. The van der Waals surface area contributed by atoms with Gasteiger partial charge in [0.25, 0.3) is 5.91 Å². The number of alkyl halides is 4. The molecule has 0 radical (unpaired) electrons. The van der Waals surface area contributed by atoms with Crippen LogP contribution < -0.4 is 29.6 Å². The van der Waals surface area contributed by atoms with Crippen LogP contribution in [0.5, 0.6) is 17.4 Å². The Hall–Kier alpha value is -4.88. The molecule has 2 aliphatic carbocycles. The first kappa shape index (κ1) is 45.6. The molecule has 336 valence electrons. The summed E-state index contributed by atoms with van der Waals surface area (Å²) in [6.07, 6.45) is 0.0919. The third-order valence-corrected chi connectivity index (χ3v) is 14.5. The summed E-state index contributed by atoms with van der Waals surface area (Å²) in [5, 5.41) is 6.40. The molecule has 6 rings (SSSR count). The van der Waals surface area contributed by atoms with Crippen LogP contribution in [-0.4, -0.2) is 110 Å². The van der Waals surface area contributed by atoms with Crippen LogP contribution in [0.25, 0.3) is 10.8 Å². The van der Waals surface area contributed by atoms with Gasteiger partial charge in [0.2, 0.25) is 33.3 Å². The van der Waals surface area contributed by atoms with Crippen molar-refractivity contribution in [2.24, 2.45) is 23.7 Å². The lowest BCUT2D eigenvalue weighted by atomic mass is 9.88. The molecule has 7 unspecified atom stereocenters. The zero-order valence-electron chi connectivity index (χ0n) is 34.9. The van der Waals surface area contributed by atoms with Crippen molar-refractivity contribution in [1.29, 1.82) is 0 Å². The highest BCUT2D eigenvalue weighted by atomic mass is 32.2. The van der Waals surface area contributed by atoms with Crippen molar-refractivity contribution in [1.82, 2.24) is 25.2 Å². The maximum atomic E-state index is 14.8. The summed E-state index contributed by atoms with van der Waals surface area (Å²) >= 11 is 0. The van der Waals surface area contributed by atoms with Crippen LogP contribution in [0.15, 0.2) is 36.5 Å². The third-order valence-electron chi connectivity index (χ3n) is 12.4. The zero-order valence-corrected chi connectivity index (χ0v) is 35.7. The first-order chi connectivity index (χ1) is 28.6. The van der Waals surface area contributed by atoms with Crippen LogP contribution in [-0.2, 0) is 29.1 Å². The molecule has 1 saturated heterocycles. The van der Waals surface area contributed by atoms with E-state index >= 15 is 0 Å². The number of hydrogen-bond donors (Lipinski definition) is 3. The summed E-state index contributed by atoms with van der Waals surface area (Å²) in [6, 6.07) is 2.40. The molecule has 3 heterocycles. The second-order valence-electron chi connectivity index (χ2n) is 17.3. The summed E-state index contributed by atoms with van der Waals surface area (Å²) in [7, 11) is -1.49. The molecule has 15 nitrogen and oxygen atoms in total. The standard InChI is InChI=1S/C41H53F4N5O10S/c1-23-9-7-8-10-27-19-40(27,36(53)49-61(55,56)39(22-42)12-13-39)48-33(51)29-16-25(21-59-34-28-18-31(58-6)30(57-5)17-26(28)11-14-46-34)20-50(29)35(52)32(24(2)15-23)47-37(54)60-38(3,4)41(43,44)45/h8,10-11,14,17-18,23-25,27,29,32H,7,9,12-13,15-16,19-22H2,1-6H3,(H,47,54)(H,48,51)(H,49,53). The van der Waals surface area contributed by atoms with Gasteiger partial charge in [0, 0.05) is 30.0 Å². The number of allylic oxidation sites excluding steroid dienone is 1. The topological polar surface area (TPSA) is 192 Å². The molecule has 7 atom stereocenters. The van der Waals surface area contributed by atoms with E-state index in [1.165, 1.54) is 25.3 Å². The van der Waals surface area contributed by atoms with Crippen LogP contribution in [0.4, 0.5) is 22.4 Å². The van der Waals surface area contributed by atoms with Crippen LogP contribution in [0.3, 0.4) is 0 Å². The van der Waals surface area contributed by atoms with E-state index in [1.807, 2.05) is 17.7 Å². The molecule has 4 aliphatic rings. The lowest BCUT2D eigenvalue weighted by Crippen LogP contribution is -2.60. The van der Waals surface area contributed by atoms with Gasteiger partial charge in [0.15, 0.2) is 11.5 Å². The minimum Gasteiger partial charge on any atom is -0.493 e. The van der Waals surface area contributed by atoms with Gasteiger partial charge in [0.05, 0.1) is 20.8 Å². The maximum absolute atomic E-state index is 14.8. The molecule has 20 heteroatoms. The predicted molar refractivity (Wildman–Crippen MR) is 213 cm³/mol. The number of carbonyl (C=O) groups is 4. The molecule has 2 aromatic rings. The van der Waals surface area contributed by atoms with E-state index in [9.17, 15) is 45.2 Å². The predicted octanol–water partition coefficient (Wildman–Crippen LogP) is 5.12. The number of alkyl carbamates (subject to hydrolysis) is 1. The number of ether oxygens (including phenoxy) is 4. The lowest BCUT2D eigenvalue weighted by molar-refractivity contribution is -0.244. The first-order valence-electron chi connectivity index (χ1n) is 20.2. The Bertz CT molecular complexity index is 2170. The number of methoxy groups -OCH3 is 2. The van der Waals surface area contributed by atoms with Crippen LogP contribution in [0.2, 0.25) is 0 Å². The minimum atomic E-state index is -4.93. The fourth-order valence-electron chi connectivity index (χ4n) is 8.14. The van der Waals surface area contributed by atoms with Gasteiger partial charge in [-0.2, -0.15) is 13.2 Å². The highest BCUT2D eigenvalue weighted by Crippen LogP contribution is 2.48. The summed E-state index contributed by atoms with van der Waals surface area (Å²) < 4.78 is 104. The zero-order chi connectivity index (χ0) is 44.7. The molecule has 1 aromatic carbocycles. The van der Waals surface area contributed by atoms with Gasteiger partial charge < -0.3 is 34.5 Å². The number of benzene rings is 1. The Labute approximate surface area is 351 Å². The van der Waals surface area contributed by atoms with Crippen molar-refractivity contribution in [3.8, 4) is 17.4 Å². The van der Waals surface area contributed by atoms with Crippen molar-refractivity contribution in [2.75, 3.05) is 34.0 Å². The van der Waals surface area contributed by atoms with E-state index in [2.05, 4.69) is 15.6 Å². The second-order valence-corrected chi connectivity index (χ2v) is 19.4. The molecular weight excluding hydrogens is 831 g/mol. The van der Waals surface area contributed by atoms with Crippen molar-refractivity contribution in [2.45, 2.75) is 107 Å². The highest BCUT2D eigenvalue weighted by molar-refractivity contribution is 7.91. The van der Waals surface area contributed by atoms with Gasteiger partial charge in [-0.1, -0.05) is 26.0 Å². The summed E-state index contributed by atoms with van der Waals surface area (Å²) in [6.45, 7) is 3.54. The number of nitrogens with zero attached hydrogens (tertiary/aromatic N) is 2. The van der Waals surface area contributed by atoms with Crippen LogP contribution in [0.1, 0.15) is 72.6 Å². The minimum absolute atomic E-state index is 0.0189. The van der Waals surface area contributed by atoms with Gasteiger partial charge in [-0.25, -0.2) is 22.6 Å². The third kappa shape index (κ3) is 9.33. The lowest BCUT2D eigenvalue weighted by Gasteiger charge is -2.34. The highest BCUT2D eigenvalue weighted by Gasteiger charge is 2.64. The SMILES string of the molecule is COc1cc2ccnc(OCC3CC4C(=O)NC5(C(=O)NS(=O)(=O)C6(CF)CC6)CC5C=CCCC(C)CC(C)C(NC(=O)OC(C)(C)C(F)(F)F)C(=O)N4C3)c2cc1OC. The molecule has 3 fully saturated rings. The molecular formula is C41H53F4N5O10S. The Morgan fingerprint density at radius 1 is 1.07 bits per heavy atom. The van der Waals surface area contributed by atoms with Gasteiger partial charge in [-0.05, 0) is 94.2 Å². The number of sulfonamides is 1. The van der Waals surface area contributed by atoms with E-state index in [0.29, 0.717) is 55.4 Å². The van der Waals surface area contributed by atoms with Crippen LogP contribution >= 0.6 is 0 Å². The average Bonchev–Trinajstić information content (AvgIpc) is 4.10. The second kappa shape index (κ2) is 17.1. The summed E-state index contributed by atoms with van der Waals surface area (Å²) in [4.78, 5) is 61.9. The van der Waals surface area contributed by atoms with Gasteiger partial charge in [-0.15, -0.1) is 0 Å². The molecule has 4 amide bonds. The summed E-state index contributed by atoms with van der Waals surface area (Å²) in [5.41, 5.74) is -4.66. The van der Waals surface area contributed by atoms with Gasteiger partial charge in [-0.3, -0.25) is 19.1 Å². The van der Waals surface area contributed by atoms with E-state index in [1.54, 1.807) is 31.2 Å². The van der Waals surface area contributed by atoms with E-state index < -0.39 is 92.4 Å². The van der Waals surface area contributed by atoms with Crippen molar-refractivity contribution in [3.63, 3.8) is 0 Å². The fourth-order valence-corrected chi connectivity index (χ4v) is 9.57. The number of aromatic nitrogens is 1. The molecule has 61 heavy (non-hydrogen) atoms. The van der Waals surface area contributed by atoms with Gasteiger partial charge >= 0.3 is 12.3 Å². The summed E-state index contributed by atoms with van der Waals surface area (Å²) in [5.74, 6) is -3.48. The number of hydrogen-bond acceptors (Lipinski definition) is 11. The number of amides is 4. The molecule has 1 aromatic heterocycles. The number of carbonyl (C=O) groups excluding carboxylic acids is 4. The number of nitrogens with one attached hydrogen (secondary N) is 3. The van der Waals surface area contributed by atoms with Crippen molar-refractivity contribution < 1.29 is 64.1 Å². The Morgan fingerprint density at radius 3 is 2.39 bits per heavy atom. The average molecular weight is 884 g/mol. The monoisotopic (exact) mass is 883 g/mol. The van der Waals surface area contributed by atoms with Crippen molar-refractivity contribution >= 4 is 44.6 Å². The Balaban J connectivity index is 1.33. The molecule has 3 N–H and O–H groups in total. The number of fused-ring (bicyclic) bond motifs is 3. The number of rotatable bonds is 11. The number of pyridine rings is 1. The molecule has 0 spiro atoms. The Morgan fingerprint density at radius 2 is 1.75 bits per heavy atom. The van der Waals surface area contributed by atoms with Gasteiger partial charge in [0.1, 0.15) is 29.0 Å². The van der Waals surface area contributed by atoms with E-state index in [0.717, 1.165) is 0 Å². The Kier molecular flexibility index (Phi) is 12.8. The first-order valence-corrected chi connectivity index (χ1v) is 21.7. The molecule has 2 aliphatic heterocycles. The molecule has 0 bridgehead atoms.